The van der Waals surface area contributed by atoms with Gasteiger partial charge in [-0.05, 0) is 60.8 Å². The van der Waals surface area contributed by atoms with Crippen molar-refractivity contribution in [2.24, 2.45) is 16.7 Å². The first-order valence-corrected chi connectivity index (χ1v) is 7.69. The number of aromatic nitrogens is 2. The predicted molar refractivity (Wildman–Crippen MR) is 77.5 cm³/mol. The van der Waals surface area contributed by atoms with Gasteiger partial charge in [-0.3, -0.25) is 0 Å². The zero-order valence-corrected chi connectivity index (χ0v) is 11.3. The fourth-order valence-electron chi connectivity index (χ4n) is 5.45. The zero-order chi connectivity index (χ0) is 12.9. The molecular weight excluding hydrogens is 244 g/mol. The molecule has 3 fully saturated rings. The Labute approximate surface area is 118 Å². The highest BCUT2D eigenvalue weighted by Gasteiger charge is 2.90. The molecule has 0 saturated heterocycles. The molecule has 1 aromatic carbocycles. The van der Waals surface area contributed by atoms with Gasteiger partial charge in [0.05, 0.1) is 17.6 Å². The Kier molecular flexibility index (Phi) is 1.39. The van der Waals surface area contributed by atoms with Crippen molar-refractivity contribution in [1.29, 1.82) is 0 Å². The van der Waals surface area contributed by atoms with E-state index < -0.39 is 0 Å². The van der Waals surface area contributed by atoms with Crippen molar-refractivity contribution in [3.05, 3.63) is 53.4 Å². The summed E-state index contributed by atoms with van der Waals surface area (Å²) >= 11 is 0. The highest BCUT2D eigenvalue weighted by atomic mass is 15.3. The third kappa shape index (κ3) is 0.850. The number of hydrogen-bond donors (Lipinski definition) is 0. The van der Waals surface area contributed by atoms with E-state index in [2.05, 4.69) is 52.4 Å². The van der Waals surface area contributed by atoms with Crippen molar-refractivity contribution in [1.82, 2.24) is 9.78 Å². The van der Waals surface area contributed by atoms with Gasteiger partial charge in [-0.1, -0.05) is 23.8 Å². The Morgan fingerprint density at radius 3 is 2.90 bits per heavy atom. The molecule has 1 aromatic heterocycles. The highest BCUT2D eigenvalue weighted by Crippen LogP contribution is 2.96. The number of nitrogens with zero attached hydrogens (tertiary/aromatic N) is 2. The van der Waals surface area contributed by atoms with Crippen LogP contribution in [0.1, 0.15) is 30.5 Å². The fourth-order valence-corrected chi connectivity index (χ4v) is 5.45. The number of hydrogen-bond acceptors (Lipinski definition) is 1. The van der Waals surface area contributed by atoms with E-state index in [0.717, 1.165) is 11.3 Å². The Balaban J connectivity index is 1.53. The molecule has 2 aromatic rings. The summed E-state index contributed by atoms with van der Waals surface area (Å²) in [5, 5.41) is 4.65. The second-order valence-electron chi connectivity index (χ2n) is 7.03. The second kappa shape index (κ2) is 2.78. The Hall–Kier alpha value is -1.83. The lowest BCUT2D eigenvalue weighted by atomic mass is 9.77. The van der Waals surface area contributed by atoms with Gasteiger partial charge in [-0.15, -0.1) is 0 Å². The molecule has 0 aliphatic heterocycles. The van der Waals surface area contributed by atoms with E-state index in [1.54, 1.807) is 5.57 Å². The van der Waals surface area contributed by atoms with Crippen LogP contribution >= 0.6 is 0 Å². The lowest BCUT2D eigenvalue weighted by molar-refractivity contribution is 0.391. The van der Waals surface area contributed by atoms with Crippen molar-refractivity contribution in [3.8, 4) is 5.69 Å². The van der Waals surface area contributed by atoms with Gasteiger partial charge in [-0.25, -0.2) is 4.68 Å². The molecule has 3 atom stereocenters. The quantitative estimate of drug-likeness (QED) is 0.766. The van der Waals surface area contributed by atoms with Crippen molar-refractivity contribution in [3.63, 3.8) is 0 Å². The number of fused-ring (bicyclic) bond motifs is 1. The van der Waals surface area contributed by atoms with Crippen molar-refractivity contribution < 1.29 is 0 Å². The minimum Gasteiger partial charge on any atom is -0.233 e. The summed E-state index contributed by atoms with van der Waals surface area (Å²) in [6.45, 7) is 0. The van der Waals surface area contributed by atoms with Gasteiger partial charge in [0.25, 0.3) is 0 Å². The van der Waals surface area contributed by atoms with E-state index >= 15 is 0 Å². The van der Waals surface area contributed by atoms with Gasteiger partial charge < -0.3 is 0 Å². The number of allylic oxidation sites excluding steroid dienone is 1. The average molecular weight is 260 g/mol. The van der Waals surface area contributed by atoms with Gasteiger partial charge in [0.1, 0.15) is 0 Å². The summed E-state index contributed by atoms with van der Waals surface area (Å²) in [6, 6.07) is 10.5. The minimum atomic E-state index is 0.602. The van der Waals surface area contributed by atoms with Crippen LogP contribution in [0.4, 0.5) is 0 Å². The molecule has 6 rings (SSSR count). The maximum atomic E-state index is 4.65. The molecule has 4 aliphatic rings. The van der Waals surface area contributed by atoms with E-state index in [0.29, 0.717) is 5.41 Å². The van der Waals surface area contributed by atoms with E-state index in [1.165, 1.54) is 42.6 Å². The van der Waals surface area contributed by atoms with Crippen LogP contribution in [-0.2, 0) is 6.42 Å². The fraction of sp³-hybridized carbons (Fsp3) is 0.389. The first-order chi connectivity index (χ1) is 9.85. The van der Waals surface area contributed by atoms with Crippen LogP contribution in [-0.4, -0.2) is 9.78 Å². The molecule has 0 amide bonds. The number of benzene rings is 1. The van der Waals surface area contributed by atoms with Crippen LogP contribution in [0.15, 0.2) is 42.1 Å². The Morgan fingerprint density at radius 1 is 1.20 bits per heavy atom. The molecule has 2 unspecified atom stereocenters. The molecule has 20 heavy (non-hydrogen) atoms. The number of para-hydroxylation sites is 1. The third-order valence-electron chi connectivity index (χ3n) is 6.56. The molecule has 0 bridgehead atoms. The van der Waals surface area contributed by atoms with Crippen LogP contribution in [0.3, 0.4) is 0 Å². The maximum Gasteiger partial charge on any atom is 0.0700 e. The average Bonchev–Trinajstić information content (AvgIpc) is 3.25. The van der Waals surface area contributed by atoms with E-state index in [4.69, 9.17) is 0 Å². The zero-order valence-electron chi connectivity index (χ0n) is 11.3. The standard InChI is InChI=1S/C18H16N2/c1-2-4-14(5-3-1)20-15-8-13-6-7-17-10-16(17)18(13,17)9-12(15)11-19-20/h1-5,8,11,16H,6-7,9-10H2/t16?,17?,18-/m0/s1. The summed E-state index contributed by atoms with van der Waals surface area (Å²) in [7, 11) is 0. The molecule has 3 saturated carbocycles. The van der Waals surface area contributed by atoms with Crippen molar-refractivity contribution >= 4 is 6.08 Å². The summed E-state index contributed by atoms with van der Waals surface area (Å²) < 4.78 is 2.12. The lowest BCUT2D eigenvalue weighted by Gasteiger charge is -2.27. The Morgan fingerprint density at radius 2 is 2.10 bits per heavy atom. The molecule has 98 valence electrons. The van der Waals surface area contributed by atoms with Gasteiger partial charge >= 0.3 is 0 Å². The SMILES string of the molecule is C1=C2CCC34CC3[C@]24Cc2cnn(-c3ccccc3)c21. The topological polar surface area (TPSA) is 17.8 Å². The van der Waals surface area contributed by atoms with Gasteiger partial charge in [0.15, 0.2) is 0 Å². The van der Waals surface area contributed by atoms with Gasteiger partial charge in [0, 0.05) is 5.41 Å². The van der Waals surface area contributed by atoms with Crippen molar-refractivity contribution in [2.75, 3.05) is 0 Å². The lowest BCUT2D eigenvalue weighted by Crippen LogP contribution is -2.21. The summed E-state index contributed by atoms with van der Waals surface area (Å²) in [4.78, 5) is 0. The van der Waals surface area contributed by atoms with Crippen LogP contribution in [0, 0.1) is 16.7 Å². The summed E-state index contributed by atoms with van der Waals surface area (Å²) in [5.41, 5.74) is 7.07. The third-order valence-corrected chi connectivity index (χ3v) is 6.56. The normalized spacial score (nSPS) is 38.4. The van der Waals surface area contributed by atoms with E-state index in [9.17, 15) is 0 Å². The highest BCUT2D eigenvalue weighted by molar-refractivity contribution is 5.68. The van der Waals surface area contributed by atoms with Crippen LogP contribution in [0.5, 0.6) is 0 Å². The molecule has 2 nitrogen and oxygen atoms in total. The molecule has 1 heterocycles. The van der Waals surface area contributed by atoms with Crippen LogP contribution in [0.25, 0.3) is 11.8 Å². The molecule has 2 spiro atoms. The number of rotatable bonds is 1. The van der Waals surface area contributed by atoms with Gasteiger partial charge in [-0.2, -0.15) is 5.10 Å². The molecular formula is C18H16N2. The monoisotopic (exact) mass is 260 g/mol. The maximum absolute atomic E-state index is 4.65. The molecule has 0 N–H and O–H groups in total. The molecule has 0 radical (unpaired) electrons. The second-order valence-corrected chi connectivity index (χ2v) is 7.03. The first-order valence-electron chi connectivity index (χ1n) is 7.69. The first kappa shape index (κ1) is 9.98. The smallest absolute Gasteiger partial charge is 0.0700 e. The minimum absolute atomic E-state index is 0.602. The van der Waals surface area contributed by atoms with Crippen LogP contribution < -0.4 is 0 Å². The summed E-state index contributed by atoms with van der Waals surface area (Å²) in [6.07, 6.45) is 10.1. The van der Waals surface area contributed by atoms with Crippen LogP contribution in [0.2, 0.25) is 0 Å². The Bertz CT molecular complexity index is 785. The molecule has 2 heteroatoms. The van der Waals surface area contributed by atoms with Gasteiger partial charge in [0.2, 0.25) is 0 Å². The van der Waals surface area contributed by atoms with E-state index in [-0.39, 0.29) is 0 Å². The van der Waals surface area contributed by atoms with E-state index in [1.807, 2.05) is 0 Å². The molecule has 4 aliphatic carbocycles. The van der Waals surface area contributed by atoms with Crippen molar-refractivity contribution in [2.45, 2.75) is 25.7 Å². The summed E-state index contributed by atoms with van der Waals surface area (Å²) in [5.74, 6) is 1.03. The predicted octanol–water partition coefficient (Wildman–Crippen LogP) is 3.61. The largest absolute Gasteiger partial charge is 0.233 e.